The number of urea groups is 1. The Balaban J connectivity index is 1.85. The number of nitrogens with zero attached hydrogens (tertiary/aromatic N) is 1. The van der Waals surface area contributed by atoms with Crippen molar-refractivity contribution in [1.29, 1.82) is 0 Å². The Kier molecular flexibility index (Phi) is 10.3. The number of hydrogen-bond acceptors (Lipinski definition) is 5. The zero-order valence-corrected chi connectivity index (χ0v) is 25.2. The van der Waals surface area contributed by atoms with Crippen molar-refractivity contribution < 1.29 is 24.0 Å². The molecule has 3 fully saturated rings. The fourth-order valence-corrected chi connectivity index (χ4v) is 6.18. The fraction of sp³-hybridized carbons (Fsp3) is 0.731. The molecule has 0 aromatic carbocycles. The molecule has 2 aliphatic heterocycles. The molecule has 12 heteroatoms. The van der Waals surface area contributed by atoms with E-state index in [1.165, 1.54) is 0 Å². The lowest BCUT2D eigenvalue weighted by Crippen LogP contribution is -2.60. The van der Waals surface area contributed by atoms with E-state index in [0.29, 0.717) is 19.4 Å². The van der Waals surface area contributed by atoms with Crippen LogP contribution in [0.3, 0.4) is 0 Å². The van der Waals surface area contributed by atoms with Crippen LogP contribution in [0.4, 0.5) is 4.79 Å². The topological polar surface area (TPSA) is 137 Å². The van der Waals surface area contributed by atoms with Crippen molar-refractivity contribution >= 4 is 47.0 Å². The number of amides is 5. The van der Waals surface area contributed by atoms with E-state index < -0.39 is 49.2 Å². The first-order valence-corrected chi connectivity index (χ1v) is 15.7. The van der Waals surface area contributed by atoms with E-state index in [4.69, 9.17) is 0 Å². The molecule has 0 radical (unpaired) electrons. The van der Waals surface area contributed by atoms with Gasteiger partial charge >= 0.3 is 6.03 Å². The minimum Gasteiger partial charge on any atom is -0.344 e. The highest BCUT2D eigenvalue weighted by molar-refractivity contribution is 7.63. The van der Waals surface area contributed by atoms with Crippen LogP contribution in [0.1, 0.15) is 66.7 Å². The minimum absolute atomic E-state index is 0.247. The molecule has 0 aromatic rings. The Labute approximate surface area is 229 Å². The Morgan fingerprint density at radius 2 is 1.71 bits per heavy atom. The average molecular weight is 568 g/mol. The molecule has 212 valence electrons. The smallest absolute Gasteiger partial charge is 0.318 e. The number of Topliss-reactive ketones (excluding diaryl/α,β-unsaturated/α-hetero) is 1. The van der Waals surface area contributed by atoms with Gasteiger partial charge in [0.05, 0.1) is 6.04 Å². The highest BCUT2D eigenvalue weighted by Gasteiger charge is 2.46. The quantitative estimate of drug-likeness (QED) is 0.183. The molecule has 2 unspecified atom stereocenters. The molecule has 0 spiro atoms. The van der Waals surface area contributed by atoms with Gasteiger partial charge in [-0.1, -0.05) is 51.7 Å². The van der Waals surface area contributed by atoms with Crippen molar-refractivity contribution in [1.82, 2.24) is 25.7 Å². The van der Waals surface area contributed by atoms with Crippen molar-refractivity contribution in [2.45, 2.75) is 84.8 Å². The van der Waals surface area contributed by atoms with Gasteiger partial charge in [0.15, 0.2) is 0 Å². The van der Waals surface area contributed by atoms with Crippen LogP contribution >= 0.6 is 17.5 Å². The Hall–Kier alpha value is -2.05. The first-order valence-electron chi connectivity index (χ1n) is 13.4. The average Bonchev–Trinajstić information content (AvgIpc) is 3.52. The first kappa shape index (κ1) is 30.5. The number of likely N-dealkylation sites (tertiary alicyclic amines) is 1. The van der Waals surface area contributed by atoms with E-state index >= 15 is 0 Å². The second-order valence-corrected chi connectivity index (χ2v) is 14.5. The van der Waals surface area contributed by atoms with Crippen LogP contribution in [0.25, 0.3) is 0 Å². The van der Waals surface area contributed by atoms with Gasteiger partial charge in [0.25, 0.3) is 5.91 Å². The Morgan fingerprint density at radius 3 is 2.21 bits per heavy atom. The zero-order valence-electron chi connectivity index (χ0n) is 23.1. The molecule has 1 saturated carbocycles. The van der Waals surface area contributed by atoms with Gasteiger partial charge in [0.2, 0.25) is 17.6 Å². The van der Waals surface area contributed by atoms with E-state index in [2.05, 4.69) is 20.8 Å². The van der Waals surface area contributed by atoms with Crippen molar-refractivity contribution in [2.75, 3.05) is 18.9 Å². The standard InChI is InChI=1S/C26H43N5O5P2/c1-15(2)13-17-9-10-31(24(35)21(26(3,4)5)28-25(36)30-38-11-12-38)19(17)22(33)27-18(14-16-7-6-8-16)20(32)23(34)29-37/h13,16-19,21H,6-12,14,37H2,1-5H3,(H,27,33)(H,29,34)(H2,28,30,36)/t17-,18?,19+,21-/m1/s1. The number of allylic oxidation sites excluding steroid dienone is 1. The molecule has 4 N–H and O–H groups in total. The summed E-state index contributed by atoms with van der Waals surface area (Å²) in [5.74, 6) is -2.22. The summed E-state index contributed by atoms with van der Waals surface area (Å²) in [4.78, 5) is 66.9. The highest BCUT2D eigenvalue weighted by atomic mass is 31.1. The molecule has 0 bridgehead atoms. The van der Waals surface area contributed by atoms with E-state index in [0.717, 1.165) is 37.2 Å². The maximum absolute atomic E-state index is 13.9. The van der Waals surface area contributed by atoms with Crippen LogP contribution in [-0.4, -0.2) is 71.4 Å². The van der Waals surface area contributed by atoms with Crippen LogP contribution in [0.5, 0.6) is 0 Å². The summed E-state index contributed by atoms with van der Waals surface area (Å²) < 4.78 is 0. The summed E-state index contributed by atoms with van der Waals surface area (Å²) >= 11 is 0. The first-order chi connectivity index (χ1) is 17.8. The van der Waals surface area contributed by atoms with Crippen LogP contribution < -0.4 is 20.8 Å². The van der Waals surface area contributed by atoms with E-state index in [1.54, 1.807) is 4.90 Å². The lowest BCUT2D eigenvalue weighted by atomic mass is 9.80. The van der Waals surface area contributed by atoms with Crippen LogP contribution in [0.2, 0.25) is 0 Å². The number of hydrogen-bond donors (Lipinski definition) is 4. The predicted molar refractivity (Wildman–Crippen MR) is 151 cm³/mol. The molecule has 3 rings (SSSR count). The van der Waals surface area contributed by atoms with Gasteiger partial charge in [-0.3, -0.25) is 19.2 Å². The fourth-order valence-electron chi connectivity index (χ4n) is 5.07. The minimum atomic E-state index is -0.957. The van der Waals surface area contributed by atoms with Gasteiger partial charge in [-0.05, 0) is 67.8 Å². The summed E-state index contributed by atoms with van der Waals surface area (Å²) in [7, 11) is 1.55. The van der Waals surface area contributed by atoms with Crippen molar-refractivity contribution in [3.63, 3.8) is 0 Å². The van der Waals surface area contributed by atoms with E-state index in [9.17, 15) is 24.0 Å². The van der Waals surface area contributed by atoms with Gasteiger partial charge in [0.1, 0.15) is 12.1 Å². The zero-order chi connectivity index (χ0) is 28.2. The molecule has 2 saturated heterocycles. The normalized spacial score (nSPS) is 22.9. The summed E-state index contributed by atoms with van der Waals surface area (Å²) in [6, 6.07) is -3.01. The summed E-state index contributed by atoms with van der Waals surface area (Å²) in [6.07, 6.45) is 7.93. The molecule has 5 atom stereocenters. The monoisotopic (exact) mass is 567 g/mol. The highest BCUT2D eigenvalue weighted by Crippen LogP contribution is 2.45. The van der Waals surface area contributed by atoms with Crippen LogP contribution in [0.15, 0.2) is 11.6 Å². The lowest BCUT2D eigenvalue weighted by Gasteiger charge is -2.36. The lowest BCUT2D eigenvalue weighted by molar-refractivity contribution is -0.144. The molecule has 1 aliphatic carbocycles. The Morgan fingerprint density at radius 1 is 1.05 bits per heavy atom. The third-order valence-corrected chi connectivity index (χ3v) is 9.10. The van der Waals surface area contributed by atoms with Gasteiger partial charge in [0, 0.05) is 12.5 Å². The second kappa shape index (κ2) is 12.9. The number of rotatable bonds is 10. The number of nitrogens with one attached hydrogen (secondary N) is 4. The second-order valence-electron chi connectivity index (χ2n) is 12.0. The van der Waals surface area contributed by atoms with Crippen LogP contribution in [0, 0.1) is 17.3 Å². The van der Waals surface area contributed by atoms with Crippen molar-refractivity contribution in [3.05, 3.63) is 11.6 Å². The molecular weight excluding hydrogens is 524 g/mol. The van der Waals surface area contributed by atoms with Crippen molar-refractivity contribution in [2.24, 2.45) is 17.3 Å². The van der Waals surface area contributed by atoms with E-state index in [-0.39, 0.29) is 23.8 Å². The third kappa shape index (κ3) is 7.98. The molecule has 0 aromatic heterocycles. The molecular formula is C26H43N5O5P2. The van der Waals surface area contributed by atoms with Gasteiger partial charge < -0.3 is 25.7 Å². The number of ketones is 1. The van der Waals surface area contributed by atoms with Crippen molar-refractivity contribution in [3.8, 4) is 0 Å². The van der Waals surface area contributed by atoms with Crippen LogP contribution in [-0.2, 0) is 19.2 Å². The molecule has 38 heavy (non-hydrogen) atoms. The summed E-state index contributed by atoms with van der Waals surface area (Å²) in [6.45, 7) is 9.87. The maximum atomic E-state index is 13.9. The largest absolute Gasteiger partial charge is 0.344 e. The Bertz CT molecular complexity index is 970. The van der Waals surface area contributed by atoms with E-state index in [1.807, 2.05) is 50.1 Å². The summed E-state index contributed by atoms with van der Waals surface area (Å²) in [5.41, 5.74) is 0.420. The van der Waals surface area contributed by atoms with Gasteiger partial charge in [-0.15, -0.1) is 0 Å². The SMILES string of the molecule is CC(C)=C[C@H]1CCN(C(=O)[C@@H](NC(=O)NP2CC2)C(C)(C)C)[C@@H]1C(=O)NC(CC1CCC1)C(=O)C(=O)NP. The van der Waals surface area contributed by atoms with Gasteiger partial charge in [-0.25, -0.2) is 4.79 Å². The molecule has 3 aliphatic rings. The third-order valence-electron chi connectivity index (χ3n) is 7.42. The van der Waals surface area contributed by atoms with Gasteiger partial charge in [-0.2, -0.15) is 0 Å². The summed E-state index contributed by atoms with van der Waals surface area (Å²) in [5, 5.41) is 10.9. The number of carbonyl (C=O) groups excluding carboxylic acids is 5. The molecule has 2 heterocycles. The molecule has 10 nitrogen and oxygen atoms in total. The number of carbonyl (C=O) groups is 5. The molecule has 5 amide bonds. The predicted octanol–water partition coefficient (Wildman–Crippen LogP) is 2.44. The maximum Gasteiger partial charge on any atom is 0.318 e.